The first kappa shape index (κ1) is 37.5. The molecule has 0 saturated heterocycles. The standard InChI is InChI=1S/C42H49ClN4O2/c1-39(2,3)32-19-26(20-33(37(32)48)40(4,5)6)24-44-46-29-15-13-28(14-16-29)31-18-17-30(23-36(31)43)47-45-25-27-21-34(41(7,8)9)38(49)35(22-27)42(10,11)12/h13-25H,1-12H3/b46-44+,47-45+. The van der Waals surface area contributed by atoms with E-state index in [9.17, 15) is 9.59 Å². The zero-order chi connectivity index (χ0) is 36.5. The van der Waals surface area contributed by atoms with Crippen LogP contribution in [0.2, 0.25) is 5.02 Å². The summed E-state index contributed by atoms with van der Waals surface area (Å²) in [5, 5.41) is 18.0. The molecule has 2 aliphatic carbocycles. The number of carbonyl (C=O) groups excluding carboxylic acids is 2. The molecule has 0 heterocycles. The number of Topliss-reactive ketones (excluding diaryl/α,β-unsaturated/α-hetero) is 2. The Morgan fingerprint density at radius 1 is 0.510 bits per heavy atom. The van der Waals surface area contributed by atoms with Crippen LogP contribution in [0.1, 0.15) is 83.1 Å². The van der Waals surface area contributed by atoms with E-state index < -0.39 is 0 Å². The minimum absolute atomic E-state index is 0.0855. The maximum atomic E-state index is 13.2. The van der Waals surface area contributed by atoms with Crippen LogP contribution in [0.4, 0.5) is 11.4 Å². The van der Waals surface area contributed by atoms with Gasteiger partial charge < -0.3 is 0 Å². The molecule has 49 heavy (non-hydrogen) atoms. The average Bonchev–Trinajstić information content (AvgIpc) is 2.97. The highest BCUT2D eigenvalue weighted by Gasteiger charge is 2.35. The Labute approximate surface area is 297 Å². The van der Waals surface area contributed by atoms with E-state index in [2.05, 4.69) is 20.5 Å². The Morgan fingerprint density at radius 3 is 1.20 bits per heavy atom. The number of ketones is 2. The zero-order valence-electron chi connectivity index (χ0n) is 31.0. The van der Waals surface area contributed by atoms with E-state index >= 15 is 0 Å². The van der Waals surface area contributed by atoms with Crippen LogP contribution in [0.5, 0.6) is 0 Å². The molecule has 0 N–H and O–H groups in total. The lowest BCUT2D eigenvalue weighted by Crippen LogP contribution is -2.27. The second kappa shape index (κ2) is 13.9. The number of hydrogen-bond donors (Lipinski definition) is 0. The molecule has 0 fully saturated rings. The molecule has 4 rings (SSSR count). The number of benzene rings is 2. The monoisotopic (exact) mass is 676 g/mol. The first-order valence-electron chi connectivity index (χ1n) is 16.7. The van der Waals surface area contributed by atoms with Gasteiger partial charge in [0.05, 0.1) is 28.8 Å². The number of hydrogen-bond acceptors (Lipinski definition) is 6. The van der Waals surface area contributed by atoms with Gasteiger partial charge in [0.2, 0.25) is 0 Å². The first-order valence-corrected chi connectivity index (χ1v) is 17.0. The SMILES string of the molecule is CC(C)(C)C1=CC(=C/N=N/c2ccc(-c3ccc(/N=N/C=C4C=C(C(C)(C)C)C(=O)C(C(C)(C)C)=C4)cc3Cl)cc2)C=C(C(C)(C)C)C1=O. The Bertz CT molecular complexity index is 1830. The molecular weight excluding hydrogens is 628 g/mol. The van der Waals surface area contributed by atoms with Crippen LogP contribution in [0.25, 0.3) is 11.1 Å². The Hall–Kier alpha value is -4.29. The van der Waals surface area contributed by atoms with E-state index in [1.165, 1.54) is 0 Å². The normalized spacial score (nSPS) is 16.6. The summed E-state index contributed by atoms with van der Waals surface area (Å²) in [6.45, 7) is 24.6. The smallest absolute Gasteiger partial charge is 0.186 e. The van der Waals surface area contributed by atoms with Crippen LogP contribution in [-0.2, 0) is 9.59 Å². The van der Waals surface area contributed by atoms with E-state index in [0.717, 1.165) is 44.6 Å². The van der Waals surface area contributed by atoms with Crippen molar-refractivity contribution < 1.29 is 9.59 Å². The van der Waals surface area contributed by atoms with Gasteiger partial charge in [-0.05, 0) is 86.9 Å². The Morgan fingerprint density at radius 2 is 0.857 bits per heavy atom. The lowest BCUT2D eigenvalue weighted by molar-refractivity contribution is -0.114. The fraction of sp³-hybridized carbons (Fsp3) is 0.381. The first-order chi connectivity index (χ1) is 22.6. The topological polar surface area (TPSA) is 83.6 Å². The maximum Gasteiger partial charge on any atom is 0.186 e. The van der Waals surface area contributed by atoms with Crippen LogP contribution in [0.15, 0.2) is 133 Å². The van der Waals surface area contributed by atoms with Crippen molar-refractivity contribution >= 4 is 34.5 Å². The van der Waals surface area contributed by atoms with E-state index in [1.54, 1.807) is 18.5 Å². The van der Waals surface area contributed by atoms with Gasteiger partial charge in [-0.25, -0.2) is 0 Å². The summed E-state index contributed by atoms with van der Waals surface area (Å²) in [6, 6.07) is 13.2. The third-order valence-corrected chi connectivity index (χ3v) is 8.66. The molecule has 0 unspecified atom stereocenters. The summed E-state index contributed by atoms with van der Waals surface area (Å²) in [6.07, 6.45) is 11.0. The molecule has 0 radical (unpaired) electrons. The lowest BCUT2D eigenvalue weighted by atomic mass is 9.72. The summed E-state index contributed by atoms with van der Waals surface area (Å²) < 4.78 is 0. The molecule has 256 valence electrons. The van der Waals surface area contributed by atoms with Crippen molar-refractivity contribution in [2.24, 2.45) is 42.1 Å². The summed E-state index contributed by atoms with van der Waals surface area (Å²) in [4.78, 5) is 26.4. The van der Waals surface area contributed by atoms with Gasteiger partial charge >= 0.3 is 0 Å². The molecular formula is C42H49ClN4O2. The fourth-order valence-corrected chi connectivity index (χ4v) is 5.80. The second-order valence-corrected chi connectivity index (χ2v) is 17.2. The van der Waals surface area contributed by atoms with Gasteiger partial charge in [0.1, 0.15) is 0 Å². The van der Waals surface area contributed by atoms with Crippen molar-refractivity contribution in [2.45, 2.75) is 83.1 Å². The van der Waals surface area contributed by atoms with E-state index in [0.29, 0.717) is 16.4 Å². The molecule has 2 aromatic rings. The summed E-state index contributed by atoms with van der Waals surface area (Å²) >= 11 is 6.70. The summed E-state index contributed by atoms with van der Waals surface area (Å²) in [5.74, 6) is 0.177. The molecule has 0 atom stereocenters. The van der Waals surface area contributed by atoms with Crippen molar-refractivity contribution in [3.8, 4) is 11.1 Å². The molecule has 7 heteroatoms. The second-order valence-electron chi connectivity index (χ2n) is 16.8. The number of halogens is 1. The van der Waals surface area contributed by atoms with Gasteiger partial charge in [-0.1, -0.05) is 113 Å². The summed E-state index contributed by atoms with van der Waals surface area (Å²) in [5.41, 5.74) is 6.70. The number of carbonyl (C=O) groups is 2. The molecule has 0 aromatic heterocycles. The maximum absolute atomic E-state index is 13.2. The quantitative estimate of drug-likeness (QED) is 0.295. The Balaban J connectivity index is 1.51. The number of azo groups is 2. The highest BCUT2D eigenvalue weighted by molar-refractivity contribution is 6.33. The van der Waals surface area contributed by atoms with E-state index in [-0.39, 0.29) is 33.2 Å². The minimum Gasteiger partial charge on any atom is -0.289 e. The van der Waals surface area contributed by atoms with Gasteiger partial charge in [-0.2, -0.15) is 20.5 Å². The molecule has 0 amide bonds. The van der Waals surface area contributed by atoms with Crippen molar-refractivity contribution in [3.05, 3.63) is 118 Å². The highest BCUT2D eigenvalue weighted by Crippen LogP contribution is 2.40. The predicted molar refractivity (Wildman–Crippen MR) is 202 cm³/mol. The number of rotatable bonds is 5. The molecule has 0 spiro atoms. The van der Waals surface area contributed by atoms with E-state index in [4.69, 9.17) is 11.6 Å². The van der Waals surface area contributed by atoms with Gasteiger partial charge in [0, 0.05) is 27.9 Å². The highest BCUT2D eigenvalue weighted by atomic mass is 35.5. The van der Waals surface area contributed by atoms with Crippen LogP contribution >= 0.6 is 11.6 Å². The van der Waals surface area contributed by atoms with Gasteiger partial charge in [-0.15, -0.1) is 0 Å². The van der Waals surface area contributed by atoms with Crippen LogP contribution in [0, 0.1) is 21.7 Å². The predicted octanol–water partition coefficient (Wildman–Crippen LogP) is 13.0. The third kappa shape index (κ3) is 9.24. The third-order valence-electron chi connectivity index (χ3n) is 8.35. The van der Waals surface area contributed by atoms with Gasteiger partial charge in [0.25, 0.3) is 0 Å². The zero-order valence-corrected chi connectivity index (χ0v) is 31.7. The minimum atomic E-state index is -0.292. The largest absolute Gasteiger partial charge is 0.289 e. The van der Waals surface area contributed by atoms with Crippen molar-refractivity contribution in [1.82, 2.24) is 0 Å². The Kier molecular flexibility index (Phi) is 10.7. The molecule has 6 nitrogen and oxygen atoms in total. The molecule has 2 aromatic carbocycles. The van der Waals surface area contributed by atoms with Crippen LogP contribution in [0.3, 0.4) is 0 Å². The number of nitrogens with zero attached hydrogens (tertiary/aromatic N) is 4. The molecule has 0 aliphatic heterocycles. The molecule has 0 saturated carbocycles. The fourth-order valence-electron chi connectivity index (χ4n) is 5.51. The lowest BCUT2D eigenvalue weighted by Gasteiger charge is -2.31. The van der Waals surface area contributed by atoms with Gasteiger partial charge in [0.15, 0.2) is 11.6 Å². The van der Waals surface area contributed by atoms with Gasteiger partial charge in [-0.3, -0.25) is 9.59 Å². The van der Waals surface area contributed by atoms with Crippen molar-refractivity contribution in [1.29, 1.82) is 0 Å². The van der Waals surface area contributed by atoms with Crippen LogP contribution < -0.4 is 0 Å². The average molecular weight is 677 g/mol. The van der Waals surface area contributed by atoms with Crippen LogP contribution in [-0.4, -0.2) is 11.6 Å². The molecule has 2 aliphatic rings. The number of allylic oxidation sites excluding steroid dienone is 10. The van der Waals surface area contributed by atoms with E-state index in [1.807, 2.05) is 144 Å². The van der Waals surface area contributed by atoms with Crippen molar-refractivity contribution in [2.75, 3.05) is 0 Å². The van der Waals surface area contributed by atoms with Crippen molar-refractivity contribution in [3.63, 3.8) is 0 Å². The molecule has 0 bridgehead atoms. The summed E-state index contributed by atoms with van der Waals surface area (Å²) in [7, 11) is 0.